The molecule has 13 nitrogen and oxygen atoms in total. The Morgan fingerprint density at radius 1 is 0.795 bits per heavy atom. The van der Waals surface area contributed by atoms with E-state index in [1.165, 1.54) is 40.1 Å². The number of amides is 2. The van der Waals surface area contributed by atoms with E-state index in [1.807, 2.05) is 120 Å². The molecule has 2 aliphatic rings. The molecule has 2 aliphatic heterocycles. The number of nitrogens with zero attached hydrogens (tertiary/aromatic N) is 4. The third kappa shape index (κ3) is 10.4. The molecule has 8 aromatic rings. The fourth-order valence-corrected chi connectivity index (χ4v) is 11.2. The number of nitrogens with one attached hydrogen (secondary N) is 2. The average molecular weight is 1120 g/mol. The van der Waals surface area contributed by atoms with Gasteiger partial charge in [0.25, 0.3) is 11.8 Å². The summed E-state index contributed by atoms with van der Waals surface area (Å²) >= 11 is 2.71. The Kier molecular flexibility index (Phi) is 15.2. The number of pyridine rings is 1. The van der Waals surface area contributed by atoms with Crippen molar-refractivity contribution in [1.29, 1.82) is 0 Å². The average Bonchev–Trinajstić information content (AvgIpc) is 3.88. The number of esters is 1. The van der Waals surface area contributed by atoms with Gasteiger partial charge in [-0.15, -0.1) is 23.1 Å². The molecule has 0 radical (unpaired) electrons. The molecule has 2 aromatic heterocycles. The molecule has 4 heterocycles. The van der Waals surface area contributed by atoms with Crippen molar-refractivity contribution in [3.63, 3.8) is 0 Å². The normalized spacial score (nSPS) is 15.6. The summed E-state index contributed by atoms with van der Waals surface area (Å²) in [5.74, 6) is -2.09. The van der Waals surface area contributed by atoms with Gasteiger partial charge in [0.2, 0.25) is 0 Å². The SMILES string of the molecule is CC(C)ON=C(C(=O)NC1C(=O)N2C(C(=O)OC(c3ccccc3)c3ccccc3)=C(C[n+]3ccc4cc(O)c(O)cc4c3)CS[C@H]12)c1csc(NC(c2ccccc2)(c2ccccc2)c2ccccc2)n1.[I-]. The van der Waals surface area contributed by atoms with Crippen LogP contribution in [0.4, 0.5) is 5.13 Å². The molecule has 0 aliphatic carbocycles. The van der Waals surface area contributed by atoms with Crippen LogP contribution in [-0.4, -0.2) is 66.9 Å². The number of anilines is 1. The Labute approximate surface area is 447 Å². The number of aromatic nitrogens is 2. The minimum absolute atomic E-state index is 0. The molecule has 0 bridgehead atoms. The molecule has 2 atom stereocenters. The number of phenols is 2. The number of aromatic hydroxyl groups is 2. The Morgan fingerprint density at radius 3 is 1.88 bits per heavy atom. The lowest BCUT2D eigenvalue weighted by molar-refractivity contribution is -0.687. The summed E-state index contributed by atoms with van der Waals surface area (Å²) in [7, 11) is 0. The van der Waals surface area contributed by atoms with E-state index in [4.69, 9.17) is 14.6 Å². The molecule has 4 N–H and O–H groups in total. The van der Waals surface area contributed by atoms with Crippen LogP contribution in [0.1, 0.15) is 53.5 Å². The highest BCUT2D eigenvalue weighted by molar-refractivity contribution is 8.00. The second kappa shape index (κ2) is 22.1. The third-order valence-electron chi connectivity index (χ3n) is 12.5. The van der Waals surface area contributed by atoms with Crippen molar-refractivity contribution in [2.24, 2.45) is 5.16 Å². The Balaban J connectivity index is 0.00000656. The van der Waals surface area contributed by atoms with E-state index in [1.54, 1.807) is 37.7 Å². The third-order valence-corrected chi connectivity index (χ3v) is 14.6. The number of benzene rings is 6. The number of halogens is 1. The summed E-state index contributed by atoms with van der Waals surface area (Å²) in [6, 6.07) is 52.8. The van der Waals surface area contributed by atoms with E-state index in [2.05, 4.69) is 52.2 Å². The van der Waals surface area contributed by atoms with E-state index in [0.29, 0.717) is 27.2 Å². The molecule has 73 heavy (non-hydrogen) atoms. The molecular weight excluding hydrogens is 1070 g/mol. The first-order chi connectivity index (χ1) is 35.1. The molecule has 1 saturated heterocycles. The molecule has 2 amide bonds. The fraction of sp³-hybridized carbons (Fsp3) is 0.158. The standard InChI is InChI=1S/C57H48N6O7S2.HI/c1-36(2)70-61-48(45-35-72-56(58-45)60-57(42-22-12-5-13-23-42,43-24-14-6-15-25-43)44-26-16-7-17-27-44)52(66)59-49-53(67)63-50(55(68)69-51(37-18-8-3-9-19-37)38-20-10-4-11-21-38)41(34-71-54(49)63)33-62-29-28-39-30-46(64)47(65)31-40(39)32-62;/h3-32,35-36,49,51,54H,33-34H2,1-2H3,(H3,58,59,60,65,66);1H/t49?,54-;/m1./s1. The molecule has 1 unspecified atom stereocenters. The second-order valence-corrected chi connectivity index (χ2v) is 19.6. The maximum absolute atomic E-state index is 14.8. The first-order valence-corrected chi connectivity index (χ1v) is 25.3. The summed E-state index contributed by atoms with van der Waals surface area (Å²) in [6.07, 6.45) is 2.41. The summed E-state index contributed by atoms with van der Waals surface area (Å²) in [5, 5.41) is 34.3. The van der Waals surface area contributed by atoms with E-state index in [0.717, 1.165) is 27.8 Å². The lowest BCUT2D eigenvalue weighted by atomic mass is 9.77. The van der Waals surface area contributed by atoms with Gasteiger partial charge >= 0.3 is 5.97 Å². The minimum Gasteiger partial charge on any atom is -1.00 e. The van der Waals surface area contributed by atoms with Gasteiger partial charge in [-0.3, -0.25) is 14.5 Å². The van der Waals surface area contributed by atoms with E-state index in [-0.39, 0.29) is 65.2 Å². The van der Waals surface area contributed by atoms with Crippen molar-refractivity contribution >= 4 is 62.5 Å². The number of thiazole rings is 1. The van der Waals surface area contributed by atoms with Crippen LogP contribution in [-0.2, 0) is 36.0 Å². The maximum Gasteiger partial charge on any atom is 0.356 e. The van der Waals surface area contributed by atoms with Gasteiger partial charge in [0.05, 0.1) is 0 Å². The fourth-order valence-electron chi connectivity index (χ4n) is 9.08. The van der Waals surface area contributed by atoms with Gasteiger partial charge in [-0.1, -0.05) is 157 Å². The van der Waals surface area contributed by atoms with E-state index in [9.17, 15) is 24.6 Å². The van der Waals surface area contributed by atoms with Crippen LogP contribution in [0.25, 0.3) is 10.8 Å². The van der Waals surface area contributed by atoms with Crippen molar-refractivity contribution in [3.8, 4) is 11.5 Å². The lowest BCUT2D eigenvalue weighted by Gasteiger charge is -2.49. The number of carbonyl (C=O) groups is 3. The van der Waals surface area contributed by atoms with Crippen molar-refractivity contribution < 1.29 is 62.7 Å². The van der Waals surface area contributed by atoms with Crippen molar-refractivity contribution in [3.05, 3.63) is 232 Å². The van der Waals surface area contributed by atoms with Gasteiger partial charge < -0.3 is 54.4 Å². The van der Waals surface area contributed by atoms with Crippen LogP contribution in [0.3, 0.4) is 0 Å². The number of hydrogen-bond acceptors (Lipinski definition) is 12. The predicted octanol–water partition coefficient (Wildman–Crippen LogP) is 6.22. The predicted molar refractivity (Wildman–Crippen MR) is 278 cm³/mol. The number of oxime groups is 1. The van der Waals surface area contributed by atoms with Crippen LogP contribution in [0.5, 0.6) is 11.5 Å². The zero-order chi connectivity index (χ0) is 49.8. The quantitative estimate of drug-likeness (QED) is 0.0128. The summed E-state index contributed by atoms with van der Waals surface area (Å²) in [6.45, 7) is 3.78. The highest BCUT2D eigenvalue weighted by Crippen LogP contribution is 2.43. The van der Waals surface area contributed by atoms with Crippen LogP contribution in [0.2, 0.25) is 0 Å². The molecule has 368 valence electrons. The van der Waals surface area contributed by atoms with Gasteiger partial charge in [-0.2, -0.15) is 0 Å². The monoisotopic (exact) mass is 1120 g/mol. The van der Waals surface area contributed by atoms with Crippen LogP contribution >= 0.6 is 23.1 Å². The van der Waals surface area contributed by atoms with Crippen LogP contribution in [0.15, 0.2) is 204 Å². The van der Waals surface area contributed by atoms with Gasteiger partial charge in [-0.05, 0) is 59.2 Å². The largest absolute Gasteiger partial charge is 1.00 e. The Bertz CT molecular complexity index is 3190. The maximum atomic E-state index is 14.8. The molecule has 10 rings (SSSR count). The summed E-state index contributed by atoms with van der Waals surface area (Å²) < 4.78 is 8.26. The number of rotatable bonds is 16. The van der Waals surface area contributed by atoms with Gasteiger partial charge in [0, 0.05) is 28.2 Å². The van der Waals surface area contributed by atoms with Crippen molar-refractivity contribution in [1.82, 2.24) is 15.2 Å². The summed E-state index contributed by atoms with van der Waals surface area (Å²) in [5.41, 5.74) is 4.32. The molecule has 1 fully saturated rings. The van der Waals surface area contributed by atoms with Gasteiger partial charge in [0.15, 0.2) is 47.4 Å². The number of thioether (sulfide) groups is 1. The minimum atomic E-state index is -1.04. The highest BCUT2D eigenvalue weighted by atomic mass is 127. The number of ether oxygens (including phenoxy) is 1. The lowest BCUT2D eigenvalue weighted by Crippen LogP contribution is -3.00. The number of hydrogen-bond donors (Lipinski definition) is 4. The van der Waals surface area contributed by atoms with Crippen LogP contribution < -0.4 is 39.2 Å². The molecule has 16 heteroatoms. The zero-order valence-corrected chi connectivity index (χ0v) is 43.3. The smallest absolute Gasteiger partial charge is 0.356 e. The van der Waals surface area contributed by atoms with E-state index >= 15 is 0 Å². The highest BCUT2D eigenvalue weighted by Gasteiger charge is 2.55. The number of β-lactam (4-membered cyclic amide) rings is 1. The van der Waals surface area contributed by atoms with Crippen LogP contribution in [0, 0.1) is 0 Å². The Morgan fingerprint density at radius 2 is 1.33 bits per heavy atom. The van der Waals surface area contributed by atoms with Gasteiger partial charge in [-0.25, -0.2) is 14.3 Å². The van der Waals surface area contributed by atoms with Crippen molar-refractivity contribution in [2.45, 2.75) is 49.6 Å². The zero-order valence-electron chi connectivity index (χ0n) is 39.5. The molecule has 0 spiro atoms. The Hall–Kier alpha value is -7.54. The number of phenolic OH excluding ortho intramolecular Hbond substituents is 2. The molecule has 6 aromatic carbocycles. The first kappa shape index (κ1) is 50.4. The summed E-state index contributed by atoms with van der Waals surface area (Å²) in [4.78, 5) is 56.1. The topological polar surface area (TPSA) is 167 Å². The van der Waals surface area contributed by atoms with Gasteiger partial charge in [0.1, 0.15) is 34.4 Å². The van der Waals surface area contributed by atoms with Crippen molar-refractivity contribution in [2.75, 3.05) is 11.1 Å². The second-order valence-electron chi connectivity index (χ2n) is 17.6. The number of fused-ring (bicyclic) bond motifs is 2. The first-order valence-electron chi connectivity index (χ1n) is 23.3. The molecular formula is C57H49IN6O7S2. The number of carbonyl (C=O) groups excluding carboxylic acids is 3. The molecule has 0 saturated carbocycles. The van der Waals surface area contributed by atoms with E-state index < -0.39 is 40.8 Å².